The Labute approximate surface area is 189 Å². The molecule has 1 saturated carbocycles. The molecule has 1 aliphatic rings. The molecule has 0 aliphatic heterocycles. The number of benzene rings is 2. The van der Waals surface area contributed by atoms with E-state index in [1.807, 2.05) is 0 Å². The first kappa shape index (κ1) is 24.6. The average Bonchev–Trinajstić information content (AvgIpc) is 2.71. The minimum Gasteiger partial charge on any atom is -0.406 e. The Kier molecular flexibility index (Phi) is 8.23. The Morgan fingerprint density at radius 1 is 0.906 bits per heavy atom. The van der Waals surface area contributed by atoms with Crippen molar-refractivity contribution in [1.29, 1.82) is 0 Å². The van der Waals surface area contributed by atoms with E-state index >= 15 is 0 Å². The molecular weight excluding hydrogens is 413 g/mol. The van der Waals surface area contributed by atoms with Gasteiger partial charge in [0.25, 0.3) is 0 Å². The van der Waals surface area contributed by atoms with Crippen molar-refractivity contribution in [3.63, 3.8) is 0 Å². The summed E-state index contributed by atoms with van der Waals surface area (Å²) in [5.41, 5.74) is 12.0. The van der Waals surface area contributed by atoms with Crippen LogP contribution in [-0.2, 0) is 13.1 Å². The fourth-order valence-electron chi connectivity index (χ4n) is 4.94. The monoisotopic (exact) mass is 448 g/mol. The third-order valence-electron chi connectivity index (χ3n) is 6.60. The summed E-state index contributed by atoms with van der Waals surface area (Å²) in [6, 6.07) is 10.7. The van der Waals surface area contributed by atoms with Crippen LogP contribution in [-0.4, -0.2) is 24.4 Å². The first-order valence-electron chi connectivity index (χ1n) is 11.5. The van der Waals surface area contributed by atoms with Gasteiger partial charge in [0.1, 0.15) is 5.75 Å². The summed E-state index contributed by atoms with van der Waals surface area (Å²) in [6.07, 6.45) is 0.0593. The molecule has 0 aromatic heterocycles. The van der Waals surface area contributed by atoms with Crippen LogP contribution in [0.15, 0.2) is 36.4 Å². The van der Waals surface area contributed by atoms with Crippen molar-refractivity contribution in [2.75, 3.05) is 13.1 Å². The zero-order chi connectivity index (χ0) is 23.3. The molecular formula is C26H35F3N2O. The van der Waals surface area contributed by atoms with Crippen molar-refractivity contribution in [2.24, 2.45) is 17.6 Å². The van der Waals surface area contributed by atoms with Crippen LogP contribution in [0.2, 0.25) is 0 Å². The predicted octanol–water partition coefficient (Wildman–Crippen LogP) is 6.28. The molecule has 0 spiro atoms. The second kappa shape index (κ2) is 10.7. The molecule has 0 unspecified atom stereocenters. The highest BCUT2D eigenvalue weighted by molar-refractivity contribution is 5.37. The number of ether oxygens (including phenoxy) is 1. The molecule has 0 amide bonds. The summed E-state index contributed by atoms with van der Waals surface area (Å²) < 4.78 is 41.4. The third-order valence-corrected chi connectivity index (χ3v) is 6.60. The van der Waals surface area contributed by atoms with E-state index in [9.17, 15) is 13.2 Å². The van der Waals surface area contributed by atoms with Gasteiger partial charge in [-0.05, 0) is 99.2 Å². The maximum absolute atomic E-state index is 12.5. The number of rotatable bonds is 8. The molecule has 2 aromatic rings. The smallest absolute Gasteiger partial charge is 0.406 e. The van der Waals surface area contributed by atoms with Crippen molar-refractivity contribution >= 4 is 0 Å². The van der Waals surface area contributed by atoms with Crippen LogP contribution in [0.1, 0.15) is 53.5 Å². The summed E-state index contributed by atoms with van der Waals surface area (Å²) in [4.78, 5) is 2.44. The zero-order valence-corrected chi connectivity index (χ0v) is 19.3. The third kappa shape index (κ3) is 7.24. The van der Waals surface area contributed by atoms with Crippen LogP contribution in [0.3, 0.4) is 0 Å². The van der Waals surface area contributed by atoms with Gasteiger partial charge in [0.05, 0.1) is 0 Å². The van der Waals surface area contributed by atoms with Crippen LogP contribution in [0.5, 0.6) is 5.75 Å². The number of hydrogen-bond acceptors (Lipinski definition) is 3. The van der Waals surface area contributed by atoms with Crippen LogP contribution in [0.25, 0.3) is 0 Å². The lowest BCUT2D eigenvalue weighted by Crippen LogP contribution is -2.32. The molecule has 0 bridgehead atoms. The highest BCUT2D eigenvalue weighted by Crippen LogP contribution is 2.30. The van der Waals surface area contributed by atoms with Gasteiger partial charge in [-0.1, -0.05) is 29.8 Å². The van der Waals surface area contributed by atoms with E-state index in [0.717, 1.165) is 25.2 Å². The normalized spacial score (nSPS) is 19.4. The summed E-state index contributed by atoms with van der Waals surface area (Å²) in [5, 5.41) is 0. The molecule has 0 atom stereocenters. The predicted molar refractivity (Wildman–Crippen MR) is 122 cm³/mol. The molecule has 0 radical (unpaired) electrons. The number of nitrogens with two attached hydrogens (primary N) is 1. The van der Waals surface area contributed by atoms with Crippen molar-refractivity contribution in [2.45, 2.75) is 65.9 Å². The van der Waals surface area contributed by atoms with E-state index in [4.69, 9.17) is 5.73 Å². The SMILES string of the molecule is Cc1cc(C)c(CN(Cc2ccc(OC(F)(F)F)cc2)CC2CCC(CN)CC2)c(C)c1. The molecule has 1 aliphatic carbocycles. The fourth-order valence-corrected chi connectivity index (χ4v) is 4.94. The van der Waals surface area contributed by atoms with Crippen molar-refractivity contribution in [3.8, 4) is 5.75 Å². The Morgan fingerprint density at radius 3 is 2.00 bits per heavy atom. The van der Waals surface area contributed by atoms with Gasteiger partial charge in [-0.25, -0.2) is 0 Å². The van der Waals surface area contributed by atoms with Gasteiger partial charge in [0.15, 0.2) is 0 Å². The Balaban J connectivity index is 1.74. The van der Waals surface area contributed by atoms with Gasteiger partial charge in [-0.15, -0.1) is 13.2 Å². The van der Waals surface area contributed by atoms with Gasteiger partial charge in [0, 0.05) is 19.6 Å². The van der Waals surface area contributed by atoms with Crippen LogP contribution in [0.4, 0.5) is 13.2 Å². The maximum atomic E-state index is 12.5. The molecule has 0 heterocycles. The molecule has 176 valence electrons. The Bertz CT molecular complexity index is 849. The number of alkyl halides is 3. The number of aryl methyl sites for hydroxylation is 3. The summed E-state index contributed by atoms with van der Waals surface area (Å²) in [7, 11) is 0. The van der Waals surface area contributed by atoms with Crippen LogP contribution >= 0.6 is 0 Å². The zero-order valence-electron chi connectivity index (χ0n) is 19.3. The Morgan fingerprint density at radius 2 is 1.47 bits per heavy atom. The summed E-state index contributed by atoms with van der Waals surface area (Å²) in [6.45, 7) is 9.69. The van der Waals surface area contributed by atoms with Crippen LogP contribution < -0.4 is 10.5 Å². The molecule has 2 N–H and O–H groups in total. The molecule has 32 heavy (non-hydrogen) atoms. The first-order chi connectivity index (χ1) is 15.1. The van der Waals surface area contributed by atoms with Crippen molar-refractivity contribution in [1.82, 2.24) is 4.90 Å². The molecule has 1 fully saturated rings. The minimum absolute atomic E-state index is 0.182. The average molecular weight is 449 g/mol. The lowest BCUT2D eigenvalue weighted by molar-refractivity contribution is -0.274. The maximum Gasteiger partial charge on any atom is 0.573 e. The van der Waals surface area contributed by atoms with E-state index in [-0.39, 0.29) is 5.75 Å². The van der Waals surface area contributed by atoms with Gasteiger partial charge in [-0.2, -0.15) is 0 Å². The van der Waals surface area contributed by atoms with E-state index in [0.29, 0.717) is 18.4 Å². The van der Waals surface area contributed by atoms with Crippen molar-refractivity contribution in [3.05, 3.63) is 64.2 Å². The minimum atomic E-state index is -4.67. The van der Waals surface area contributed by atoms with E-state index in [2.05, 4.69) is 42.5 Å². The van der Waals surface area contributed by atoms with Gasteiger partial charge in [0.2, 0.25) is 0 Å². The lowest BCUT2D eigenvalue weighted by atomic mass is 9.81. The standard InChI is InChI=1S/C26H35F3N2O/c1-18-12-19(2)25(20(3)13-18)17-31(15-22-6-4-21(14-30)5-7-22)16-23-8-10-24(11-9-23)32-26(27,28)29/h8-13,21-22H,4-7,14-17,30H2,1-3H3. The van der Waals surface area contributed by atoms with Gasteiger partial charge >= 0.3 is 6.36 Å². The molecule has 3 nitrogen and oxygen atoms in total. The lowest BCUT2D eigenvalue weighted by Gasteiger charge is -2.33. The summed E-state index contributed by atoms with van der Waals surface area (Å²) in [5.74, 6) is 1.08. The highest BCUT2D eigenvalue weighted by Gasteiger charge is 2.31. The molecule has 0 saturated heterocycles. The number of halogens is 3. The molecule has 6 heteroatoms. The molecule has 3 rings (SSSR count). The molecule has 2 aromatic carbocycles. The van der Waals surface area contributed by atoms with Gasteiger partial charge < -0.3 is 10.5 Å². The fraction of sp³-hybridized carbons (Fsp3) is 0.538. The van der Waals surface area contributed by atoms with Crippen molar-refractivity contribution < 1.29 is 17.9 Å². The van der Waals surface area contributed by atoms with Crippen LogP contribution in [0, 0.1) is 32.6 Å². The largest absolute Gasteiger partial charge is 0.573 e. The second-order valence-electron chi connectivity index (χ2n) is 9.36. The van der Waals surface area contributed by atoms with E-state index in [1.54, 1.807) is 12.1 Å². The summed E-state index contributed by atoms with van der Waals surface area (Å²) >= 11 is 0. The highest BCUT2D eigenvalue weighted by atomic mass is 19.4. The van der Waals surface area contributed by atoms with E-state index in [1.165, 1.54) is 60.1 Å². The second-order valence-corrected chi connectivity index (χ2v) is 9.36. The topological polar surface area (TPSA) is 38.5 Å². The number of hydrogen-bond donors (Lipinski definition) is 1. The van der Waals surface area contributed by atoms with E-state index < -0.39 is 6.36 Å². The first-order valence-corrected chi connectivity index (χ1v) is 11.5. The number of nitrogens with zero attached hydrogens (tertiary/aromatic N) is 1. The Hall–Kier alpha value is -2.05. The van der Waals surface area contributed by atoms with Gasteiger partial charge in [-0.3, -0.25) is 4.90 Å². The quantitative estimate of drug-likeness (QED) is 0.517.